The van der Waals surface area contributed by atoms with E-state index >= 15 is 8.78 Å². The van der Waals surface area contributed by atoms with Gasteiger partial charge in [-0.1, -0.05) is 61.5 Å². The minimum absolute atomic E-state index is 0.0778. The minimum atomic E-state index is -2.30. The molecule has 0 saturated heterocycles. The molecular weight excluding hydrogens is 542 g/mol. The number of aliphatic carboxylic acids is 1. The zero-order valence-corrected chi connectivity index (χ0v) is 23.7. The van der Waals surface area contributed by atoms with Crippen molar-refractivity contribution in [1.29, 1.82) is 0 Å². The van der Waals surface area contributed by atoms with Gasteiger partial charge in [-0.2, -0.15) is 0 Å². The second-order valence-electron chi connectivity index (χ2n) is 12.9. The smallest absolute Gasteiger partial charge is 0.348 e. The number of halogens is 2. The van der Waals surface area contributed by atoms with Crippen LogP contribution in [-0.2, 0) is 16.0 Å². The normalized spacial score (nSPS) is 40.3. The quantitative estimate of drug-likeness (QED) is 0.326. The molecule has 0 radical (unpaired) electrons. The Morgan fingerprint density at radius 1 is 1.00 bits per heavy atom. The van der Waals surface area contributed by atoms with E-state index in [1.165, 1.54) is 25.2 Å². The van der Waals surface area contributed by atoms with Crippen LogP contribution in [0.4, 0.5) is 8.78 Å². The summed E-state index contributed by atoms with van der Waals surface area (Å²) in [6, 6.07) is 16.6. The van der Waals surface area contributed by atoms with Crippen LogP contribution in [0.3, 0.4) is 0 Å². The molecule has 3 N–H and O–H groups in total. The highest BCUT2D eigenvalue weighted by Crippen LogP contribution is 2.70. The third kappa shape index (κ3) is 3.94. The molecule has 0 amide bonds. The molecule has 0 bridgehead atoms. The van der Waals surface area contributed by atoms with E-state index < -0.39 is 64.3 Å². The number of carboxylic acids is 1. The molecule has 222 valence electrons. The lowest BCUT2D eigenvalue weighted by Gasteiger charge is -2.63. The van der Waals surface area contributed by atoms with Gasteiger partial charge in [-0.3, -0.25) is 0 Å². The molecule has 4 aliphatic carbocycles. The summed E-state index contributed by atoms with van der Waals surface area (Å²) in [4.78, 5) is 26.4. The van der Waals surface area contributed by atoms with Gasteiger partial charge in [-0.25, -0.2) is 18.4 Å². The molecule has 0 aliphatic heterocycles. The molecule has 4 aliphatic rings. The first-order chi connectivity index (χ1) is 19.9. The van der Waals surface area contributed by atoms with Crippen molar-refractivity contribution < 1.29 is 38.4 Å². The van der Waals surface area contributed by atoms with Crippen molar-refractivity contribution in [3.63, 3.8) is 0 Å². The van der Waals surface area contributed by atoms with Gasteiger partial charge in [-0.15, -0.1) is 0 Å². The molecule has 0 spiro atoms. The Morgan fingerprint density at radius 3 is 2.33 bits per heavy atom. The van der Waals surface area contributed by atoms with Crippen molar-refractivity contribution in [1.82, 2.24) is 0 Å². The topological polar surface area (TPSA) is 104 Å². The van der Waals surface area contributed by atoms with Crippen LogP contribution >= 0.6 is 0 Å². The van der Waals surface area contributed by atoms with E-state index in [-0.39, 0.29) is 36.8 Å². The second kappa shape index (κ2) is 9.85. The number of carboxylic acid groups (broad SMARTS) is 1. The maximum Gasteiger partial charge on any atom is 0.348 e. The Bertz CT molecular complexity index is 1460. The minimum Gasteiger partial charge on any atom is -0.478 e. The number of esters is 1. The number of hydrogen-bond acceptors (Lipinski definition) is 5. The zero-order chi connectivity index (χ0) is 30.1. The molecule has 0 heterocycles. The van der Waals surface area contributed by atoms with Crippen LogP contribution in [0.5, 0.6) is 0 Å². The van der Waals surface area contributed by atoms with E-state index in [2.05, 4.69) is 0 Å². The maximum absolute atomic E-state index is 17.4. The Kier molecular flexibility index (Phi) is 6.74. The molecule has 2 aromatic rings. The van der Waals surface area contributed by atoms with Gasteiger partial charge in [0.15, 0.2) is 5.67 Å². The van der Waals surface area contributed by atoms with Crippen molar-refractivity contribution >= 4 is 11.9 Å². The molecule has 42 heavy (non-hydrogen) atoms. The predicted octanol–water partition coefficient (Wildman–Crippen LogP) is 5.37. The summed E-state index contributed by atoms with van der Waals surface area (Å²) in [5, 5.41) is 32.1. The number of hydrogen-bond donors (Lipinski definition) is 3. The summed E-state index contributed by atoms with van der Waals surface area (Å²) in [5.74, 6) is -3.87. The predicted molar refractivity (Wildman–Crippen MR) is 151 cm³/mol. The monoisotopic (exact) mass is 578 g/mol. The Labute approximate surface area is 243 Å². The third-order valence-electron chi connectivity index (χ3n) is 10.9. The first kappa shape index (κ1) is 28.7. The second-order valence-corrected chi connectivity index (χ2v) is 12.9. The third-order valence-corrected chi connectivity index (χ3v) is 10.9. The number of rotatable bonds is 5. The number of aliphatic hydroxyl groups excluding tert-OH is 2. The van der Waals surface area contributed by atoms with Crippen LogP contribution in [0, 0.1) is 22.7 Å². The van der Waals surface area contributed by atoms with Crippen molar-refractivity contribution in [3.05, 3.63) is 95.1 Å². The van der Waals surface area contributed by atoms with Crippen LogP contribution in [0.15, 0.2) is 78.4 Å². The largest absolute Gasteiger partial charge is 0.478 e. The first-order valence-corrected chi connectivity index (χ1v) is 14.6. The molecule has 9 unspecified atom stereocenters. The summed E-state index contributed by atoms with van der Waals surface area (Å²) < 4.78 is 38.9. The van der Waals surface area contributed by atoms with Crippen LogP contribution in [0.25, 0.3) is 0 Å². The highest BCUT2D eigenvalue weighted by molar-refractivity contribution is 5.93. The number of alkyl halides is 2. The van der Waals surface area contributed by atoms with Gasteiger partial charge in [0.25, 0.3) is 0 Å². The lowest BCUT2D eigenvalue weighted by atomic mass is 9.44. The van der Waals surface area contributed by atoms with E-state index in [1.54, 1.807) is 31.2 Å². The van der Waals surface area contributed by atoms with Crippen LogP contribution < -0.4 is 0 Å². The molecule has 6 nitrogen and oxygen atoms in total. The van der Waals surface area contributed by atoms with E-state index in [1.807, 2.05) is 30.3 Å². The van der Waals surface area contributed by atoms with Gasteiger partial charge in [0.2, 0.25) is 5.60 Å². The summed E-state index contributed by atoms with van der Waals surface area (Å²) in [6.07, 6.45) is 0.114. The lowest BCUT2D eigenvalue weighted by Crippen LogP contribution is -2.70. The average Bonchev–Trinajstić information content (AvgIpc) is 3.24. The average molecular weight is 579 g/mol. The van der Waals surface area contributed by atoms with Gasteiger partial charge in [0.1, 0.15) is 6.17 Å². The lowest BCUT2D eigenvalue weighted by molar-refractivity contribution is -0.227. The standard InChI is InChI=1S/C34H36F2O6/c1-31-14-12-23(37)17-26(31)27(35)18-25-24-13-15-33(30(40)41,32(24,2)19-28(38)34(25,31)36)42-29(39)22-10-8-21(9-11-22)16-20-6-4-3-5-7-20/h3-12,14,17,23-25,27-28,37-38H,13,15-16,18-19H2,1-2H3,(H,40,41). The van der Waals surface area contributed by atoms with E-state index in [0.29, 0.717) is 6.42 Å². The van der Waals surface area contributed by atoms with Crippen molar-refractivity contribution in [2.75, 3.05) is 0 Å². The van der Waals surface area contributed by atoms with E-state index in [0.717, 1.165) is 11.1 Å². The fourth-order valence-corrected chi connectivity index (χ4v) is 8.68. The molecule has 0 aromatic heterocycles. The fraction of sp³-hybridized carbons (Fsp3) is 0.471. The SMILES string of the molecule is CC12C=CC(O)C=C1C(F)CC1C3CCC(OC(=O)c4ccc(Cc5ccccc5)cc4)(C(=O)O)C3(C)CC(O)C12F. The number of ether oxygens (including phenoxy) is 1. The molecule has 9 atom stereocenters. The fourth-order valence-electron chi connectivity index (χ4n) is 8.68. The molecule has 8 heteroatoms. The number of allylic oxidation sites excluding steroid dienone is 2. The van der Waals surface area contributed by atoms with Crippen molar-refractivity contribution in [2.45, 2.75) is 75.6 Å². The summed E-state index contributed by atoms with van der Waals surface area (Å²) in [7, 11) is 0. The van der Waals surface area contributed by atoms with Gasteiger partial charge in [0.05, 0.1) is 17.8 Å². The number of aliphatic hydroxyl groups is 2. The van der Waals surface area contributed by atoms with E-state index in [9.17, 15) is 24.9 Å². The summed E-state index contributed by atoms with van der Waals surface area (Å²) in [5.41, 5.74) is -4.82. The van der Waals surface area contributed by atoms with Crippen LogP contribution in [0.2, 0.25) is 0 Å². The zero-order valence-electron chi connectivity index (χ0n) is 23.7. The Morgan fingerprint density at radius 2 is 1.67 bits per heavy atom. The summed E-state index contributed by atoms with van der Waals surface area (Å²) >= 11 is 0. The van der Waals surface area contributed by atoms with Gasteiger partial charge in [0, 0.05) is 16.7 Å². The number of fused-ring (bicyclic) bond motifs is 5. The molecule has 3 saturated carbocycles. The number of benzene rings is 2. The molecule has 2 aromatic carbocycles. The maximum atomic E-state index is 17.4. The van der Waals surface area contributed by atoms with Gasteiger partial charge >= 0.3 is 11.9 Å². The van der Waals surface area contributed by atoms with Crippen LogP contribution in [-0.4, -0.2) is 56.9 Å². The first-order valence-electron chi connectivity index (χ1n) is 14.6. The Balaban J connectivity index is 1.30. The van der Waals surface area contributed by atoms with Crippen LogP contribution in [0.1, 0.15) is 61.0 Å². The highest BCUT2D eigenvalue weighted by Gasteiger charge is 2.77. The molecule has 3 fully saturated rings. The molecular formula is C34H36F2O6. The van der Waals surface area contributed by atoms with E-state index in [4.69, 9.17) is 4.74 Å². The molecule has 6 rings (SSSR count). The van der Waals surface area contributed by atoms with Crippen molar-refractivity contribution in [2.24, 2.45) is 22.7 Å². The van der Waals surface area contributed by atoms with Gasteiger partial charge < -0.3 is 20.1 Å². The Hall–Kier alpha value is -3.36. The highest BCUT2D eigenvalue weighted by atomic mass is 19.1. The number of carbonyl (C=O) groups is 2. The summed E-state index contributed by atoms with van der Waals surface area (Å²) in [6.45, 7) is 3.16. The van der Waals surface area contributed by atoms with Crippen molar-refractivity contribution in [3.8, 4) is 0 Å². The van der Waals surface area contributed by atoms with Gasteiger partial charge in [-0.05, 0) is 79.9 Å². The number of carbonyl (C=O) groups excluding carboxylic acids is 1.